The van der Waals surface area contributed by atoms with Gasteiger partial charge in [-0.05, 0) is 31.5 Å². The maximum absolute atomic E-state index is 11.7. The summed E-state index contributed by atoms with van der Waals surface area (Å²) in [6.45, 7) is 3.21. The highest BCUT2D eigenvalue weighted by molar-refractivity contribution is 5.17. The average molecular weight is 182 g/mol. The third-order valence-corrected chi connectivity index (χ3v) is 1.90. The quantitative estimate of drug-likeness (QED) is 0.703. The van der Waals surface area contributed by atoms with Crippen molar-refractivity contribution in [3.63, 3.8) is 0 Å². The van der Waals surface area contributed by atoms with Gasteiger partial charge >= 0.3 is 0 Å². The molecule has 1 N–H and O–H groups in total. The summed E-state index contributed by atoms with van der Waals surface area (Å²) in [4.78, 5) is 4.22. The van der Waals surface area contributed by atoms with E-state index in [2.05, 4.69) is 10.3 Å². The molecule has 0 amide bonds. The van der Waals surface area contributed by atoms with E-state index in [1.807, 2.05) is 19.1 Å². The second kappa shape index (κ2) is 5.65. The van der Waals surface area contributed by atoms with Crippen molar-refractivity contribution in [2.45, 2.75) is 19.9 Å². The summed E-state index contributed by atoms with van der Waals surface area (Å²) >= 11 is 0. The summed E-state index contributed by atoms with van der Waals surface area (Å²) in [5.41, 5.74) is 2.22. The Bertz CT molecular complexity index is 250. The Morgan fingerprint density at radius 1 is 1.54 bits per heavy atom. The van der Waals surface area contributed by atoms with Gasteiger partial charge in [-0.15, -0.1) is 0 Å². The van der Waals surface area contributed by atoms with E-state index in [1.54, 1.807) is 6.20 Å². The molecule has 0 saturated carbocycles. The Morgan fingerprint density at radius 3 is 3.08 bits per heavy atom. The van der Waals surface area contributed by atoms with Crippen LogP contribution < -0.4 is 5.32 Å². The molecule has 2 nitrogen and oxygen atoms in total. The maximum atomic E-state index is 11.7. The first-order chi connectivity index (χ1) is 6.34. The van der Waals surface area contributed by atoms with Gasteiger partial charge in [0, 0.05) is 12.7 Å². The number of halogens is 1. The molecule has 1 rings (SSSR count). The minimum Gasteiger partial charge on any atom is -0.311 e. The van der Waals surface area contributed by atoms with Gasteiger partial charge < -0.3 is 5.32 Å². The molecular formula is C10H15FN2. The highest BCUT2D eigenvalue weighted by atomic mass is 19.1. The van der Waals surface area contributed by atoms with E-state index in [9.17, 15) is 4.39 Å². The molecule has 0 fully saturated rings. The van der Waals surface area contributed by atoms with Crippen LogP contribution in [0.1, 0.15) is 17.7 Å². The van der Waals surface area contributed by atoms with Crippen LogP contribution in [0.15, 0.2) is 18.3 Å². The third kappa shape index (κ3) is 3.51. The minimum absolute atomic E-state index is 0.256. The summed E-state index contributed by atoms with van der Waals surface area (Å²) in [6, 6.07) is 3.94. The number of nitrogens with zero attached hydrogens (tertiary/aromatic N) is 1. The first kappa shape index (κ1) is 10.1. The molecule has 0 bridgehead atoms. The third-order valence-electron chi connectivity index (χ3n) is 1.90. The summed E-state index contributed by atoms with van der Waals surface area (Å²) < 4.78 is 11.7. The van der Waals surface area contributed by atoms with Gasteiger partial charge in [0.15, 0.2) is 0 Å². The Morgan fingerprint density at radius 2 is 2.38 bits per heavy atom. The lowest BCUT2D eigenvalue weighted by molar-refractivity contribution is 0.458. The second-order valence-electron chi connectivity index (χ2n) is 2.99. The van der Waals surface area contributed by atoms with Crippen LogP contribution in [0.25, 0.3) is 0 Å². The lowest BCUT2D eigenvalue weighted by Gasteiger charge is -2.04. The number of hydrogen-bond acceptors (Lipinski definition) is 2. The second-order valence-corrected chi connectivity index (χ2v) is 2.99. The standard InChI is InChI=1S/C10H15FN2/c1-9-4-2-7-13-10(9)8-12-6-3-5-11/h2,4,7,12H,3,5-6,8H2,1H3. The zero-order chi connectivity index (χ0) is 9.52. The molecule has 1 aromatic heterocycles. The minimum atomic E-state index is -0.256. The van der Waals surface area contributed by atoms with Gasteiger partial charge in [0.2, 0.25) is 0 Å². The molecule has 0 aliphatic carbocycles. The van der Waals surface area contributed by atoms with Crippen LogP contribution in [0.2, 0.25) is 0 Å². The van der Waals surface area contributed by atoms with E-state index in [4.69, 9.17) is 0 Å². The van der Waals surface area contributed by atoms with E-state index < -0.39 is 0 Å². The predicted molar refractivity (Wildman–Crippen MR) is 51.3 cm³/mol. The van der Waals surface area contributed by atoms with Crippen molar-refractivity contribution >= 4 is 0 Å². The van der Waals surface area contributed by atoms with E-state index in [0.29, 0.717) is 13.0 Å². The van der Waals surface area contributed by atoms with Crippen LogP contribution in [0, 0.1) is 6.92 Å². The first-order valence-corrected chi connectivity index (χ1v) is 4.52. The van der Waals surface area contributed by atoms with Gasteiger partial charge in [0.1, 0.15) is 0 Å². The van der Waals surface area contributed by atoms with E-state index >= 15 is 0 Å². The van der Waals surface area contributed by atoms with E-state index in [1.165, 1.54) is 5.56 Å². The average Bonchev–Trinajstić information content (AvgIpc) is 2.15. The fourth-order valence-electron chi connectivity index (χ4n) is 1.10. The van der Waals surface area contributed by atoms with Gasteiger partial charge in [0.05, 0.1) is 12.4 Å². The Balaban J connectivity index is 2.32. The number of rotatable bonds is 5. The Hall–Kier alpha value is -0.960. The number of hydrogen-bond donors (Lipinski definition) is 1. The number of aryl methyl sites for hydroxylation is 1. The molecule has 0 aromatic carbocycles. The molecule has 0 radical (unpaired) electrons. The van der Waals surface area contributed by atoms with E-state index in [0.717, 1.165) is 12.2 Å². The maximum Gasteiger partial charge on any atom is 0.0906 e. The molecular weight excluding hydrogens is 167 g/mol. The zero-order valence-electron chi connectivity index (χ0n) is 7.89. The molecule has 0 aliphatic heterocycles. The number of aromatic nitrogens is 1. The predicted octanol–water partition coefficient (Wildman–Crippen LogP) is 1.84. The topological polar surface area (TPSA) is 24.9 Å². The van der Waals surface area contributed by atoms with Crippen molar-refractivity contribution in [3.8, 4) is 0 Å². The highest BCUT2D eigenvalue weighted by Gasteiger charge is 1.96. The zero-order valence-corrected chi connectivity index (χ0v) is 7.89. The molecule has 1 heterocycles. The van der Waals surface area contributed by atoms with Crippen molar-refractivity contribution in [2.75, 3.05) is 13.2 Å². The normalized spacial score (nSPS) is 10.3. The van der Waals surface area contributed by atoms with Crippen molar-refractivity contribution in [2.24, 2.45) is 0 Å². The molecule has 13 heavy (non-hydrogen) atoms. The molecule has 0 unspecified atom stereocenters. The van der Waals surface area contributed by atoms with Crippen molar-refractivity contribution in [1.82, 2.24) is 10.3 Å². The fraction of sp³-hybridized carbons (Fsp3) is 0.500. The molecule has 72 valence electrons. The summed E-state index contributed by atoms with van der Waals surface area (Å²) in [6.07, 6.45) is 2.35. The number of nitrogens with one attached hydrogen (secondary N) is 1. The van der Waals surface area contributed by atoms with Crippen LogP contribution in [-0.4, -0.2) is 18.2 Å². The summed E-state index contributed by atoms with van der Waals surface area (Å²) in [5, 5.41) is 3.14. The number of alkyl halides is 1. The molecule has 0 saturated heterocycles. The van der Waals surface area contributed by atoms with Gasteiger partial charge in [-0.2, -0.15) is 0 Å². The van der Waals surface area contributed by atoms with Crippen LogP contribution in [0.4, 0.5) is 4.39 Å². The van der Waals surface area contributed by atoms with Gasteiger partial charge in [-0.1, -0.05) is 6.07 Å². The molecule has 0 spiro atoms. The summed E-state index contributed by atoms with van der Waals surface area (Å²) in [5.74, 6) is 0. The smallest absolute Gasteiger partial charge is 0.0906 e. The lowest BCUT2D eigenvalue weighted by atomic mass is 10.2. The lowest BCUT2D eigenvalue weighted by Crippen LogP contribution is -2.16. The number of pyridine rings is 1. The first-order valence-electron chi connectivity index (χ1n) is 4.52. The highest BCUT2D eigenvalue weighted by Crippen LogP contribution is 2.01. The van der Waals surface area contributed by atoms with Gasteiger partial charge in [0.25, 0.3) is 0 Å². The fourth-order valence-corrected chi connectivity index (χ4v) is 1.10. The van der Waals surface area contributed by atoms with Crippen LogP contribution in [0.3, 0.4) is 0 Å². The van der Waals surface area contributed by atoms with Crippen molar-refractivity contribution < 1.29 is 4.39 Å². The van der Waals surface area contributed by atoms with Crippen molar-refractivity contribution in [3.05, 3.63) is 29.6 Å². The SMILES string of the molecule is Cc1cccnc1CNCCCF. The Kier molecular flexibility index (Phi) is 4.40. The molecule has 1 aromatic rings. The monoisotopic (exact) mass is 182 g/mol. The molecule has 3 heteroatoms. The molecule has 0 atom stereocenters. The van der Waals surface area contributed by atoms with Crippen LogP contribution in [-0.2, 0) is 6.54 Å². The van der Waals surface area contributed by atoms with Crippen molar-refractivity contribution in [1.29, 1.82) is 0 Å². The van der Waals surface area contributed by atoms with Gasteiger partial charge in [-0.3, -0.25) is 9.37 Å². The summed E-state index contributed by atoms with van der Waals surface area (Å²) in [7, 11) is 0. The van der Waals surface area contributed by atoms with Gasteiger partial charge in [-0.25, -0.2) is 0 Å². The molecule has 0 aliphatic rings. The van der Waals surface area contributed by atoms with Crippen LogP contribution in [0.5, 0.6) is 0 Å². The van der Waals surface area contributed by atoms with E-state index in [-0.39, 0.29) is 6.67 Å². The largest absolute Gasteiger partial charge is 0.311 e. The Labute approximate surface area is 78.2 Å². The van der Waals surface area contributed by atoms with Crippen LogP contribution >= 0.6 is 0 Å².